The van der Waals surface area contributed by atoms with Gasteiger partial charge in [-0.05, 0) is 55.7 Å². The lowest BCUT2D eigenvalue weighted by molar-refractivity contribution is 0.0744. The Hall–Kier alpha value is -3.32. The van der Waals surface area contributed by atoms with Crippen molar-refractivity contribution >= 4 is 17.2 Å². The van der Waals surface area contributed by atoms with Gasteiger partial charge in [0, 0.05) is 23.7 Å². The topological polar surface area (TPSA) is 63.9 Å². The summed E-state index contributed by atoms with van der Waals surface area (Å²) >= 11 is 1.65. The molecule has 0 radical (unpaired) electrons. The van der Waals surface area contributed by atoms with E-state index in [1.54, 1.807) is 27.1 Å². The maximum Gasteiger partial charge on any atom is 0.257 e. The Morgan fingerprint density at radius 2 is 1.94 bits per heavy atom. The maximum atomic E-state index is 13.2. The molecule has 7 heteroatoms. The average molecular weight is 444 g/mol. The number of aryl methyl sites for hydroxylation is 2. The Balaban J connectivity index is 1.49. The van der Waals surface area contributed by atoms with E-state index >= 15 is 0 Å². The van der Waals surface area contributed by atoms with Crippen molar-refractivity contribution in [1.29, 1.82) is 0 Å². The van der Waals surface area contributed by atoms with Gasteiger partial charge in [0.1, 0.15) is 0 Å². The lowest BCUT2D eigenvalue weighted by atomic mass is 10.0. The fourth-order valence-corrected chi connectivity index (χ4v) is 5.09. The van der Waals surface area contributed by atoms with E-state index < -0.39 is 0 Å². The summed E-state index contributed by atoms with van der Waals surface area (Å²) in [5.74, 6) is 0.431. The molecular weight excluding hydrogens is 418 g/mol. The number of hydrogen-bond donors (Lipinski definition) is 0. The molecule has 32 heavy (non-hydrogen) atoms. The van der Waals surface area contributed by atoms with Crippen molar-refractivity contribution in [2.75, 3.05) is 7.05 Å². The highest BCUT2D eigenvalue weighted by atomic mass is 32.1. The van der Waals surface area contributed by atoms with Gasteiger partial charge in [0.25, 0.3) is 11.9 Å². The first-order chi connectivity index (χ1) is 15.5. The second-order valence-corrected chi connectivity index (χ2v) is 9.20. The number of rotatable bonds is 4. The molecule has 0 bridgehead atoms. The summed E-state index contributed by atoms with van der Waals surface area (Å²) in [5, 5.41) is 6.52. The third kappa shape index (κ3) is 3.52. The van der Waals surface area contributed by atoms with Crippen LogP contribution in [0.2, 0.25) is 0 Å². The van der Waals surface area contributed by atoms with Crippen LogP contribution in [0.1, 0.15) is 51.4 Å². The van der Waals surface area contributed by atoms with Crippen molar-refractivity contribution in [1.82, 2.24) is 24.6 Å². The Labute approximate surface area is 191 Å². The van der Waals surface area contributed by atoms with Crippen molar-refractivity contribution in [2.24, 2.45) is 0 Å². The van der Waals surface area contributed by atoms with E-state index in [4.69, 9.17) is 4.98 Å². The highest BCUT2D eigenvalue weighted by molar-refractivity contribution is 7.10. The molecule has 0 fully saturated rings. The van der Waals surface area contributed by atoms with Crippen LogP contribution >= 0.6 is 11.3 Å². The van der Waals surface area contributed by atoms with E-state index in [1.165, 1.54) is 5.56 Å². The Morgan fingerprint density at radius 1 is 1.12 bits per heavy atom. The standard InChI is InChI=1S/C25H25N5OS/c1-16-21(24(31)29(3)17(2)22-12-7-13-32-22)15-27-30(16)25-26-14-19-10-6-9-18-8-4-5-11-20(18)23(19)28-25/h4-5,7-8,11-15,17H,6,9-10H2,1-3H3/t17-/m1/s1. The molecule has 3 aromatic heterocycles. The second kappa shape index (κ2) is 8.31. The lowest BCUT2D eigenvalue weighted by Gasteiger charge is -2.24. The zero-order valence-corrected chi connectivity index (χ0v) is 19.3. The highest BCUT2D eigenvalue weighted by Gasteiger charge is 2.25. The van der Waals surface area contributed by atoms with Gasteiger partial charge >= 0.3 is 0 Å². The molecule has 6 nitrogen and oxygen atoms in total. The van der Waals surface area contributed by atoms with Crippen LogP contribution < -0.4 is 0 Å². The zero-order chi connectivity index (χ0) is 22.2. The monoisotopic (exact) mass is 443 g/mol. The van der Waals surface area contributed by atoms with E-state index in [9.17, 15) is 4.79 Å². The first-order valence-corrected chi connectivity index (χ1v) is 11.7. The molecule has 162 valence electrons. The van der Waals surface area contributed by atoms with Crippen LogP contribution in [0, 0.1) is 6.92 Å². The summed E-state index contributed by atoms with van der Waals surface area (Å²) in [6.45, 7) is 3.93. The van der Waals surface area contributed by atoms with Gasteiger partial charge in [0.2, 0.25) is 0 Å². The lowest BCUT2D eigenvalue weighted by Crippen LogP contribution is -2.29. The third-order valence-corrected chi connectivity index (χ3v) is 7.34. The maximum absolute atomic E-state index is 13.2. The number of nitrogens with zero attached hydrogens (tertiary/aromatic N) is 5. The van der Waals surface area contributed by atoms with Crippen molar-refractivity contribution in [3.8, 4) is 17.2 Å². The van der Waals surface area contributed by atoms with Gasteiger partial charge in [-0.15, -0.1) is 11.3 Å². The molecule has 1 aromatic carbocycles. The molecule has 0 aliphatic heterocycles. The predicted molar refractivity (Wildman–Crippen MR) is 126 cm³/mol. The number of aromatic nitrogens is 4. The van der Waals surface area contributed by atoms with E-state index in [2.05, 4.69) is 40.4 Å². The average Bonchev–Trinajstić information content (AvgIpc) is 3.44. The third-order valence-electron chi connectivity index (χ3n) is 6.30. The number of hydrogen-bond acceptors (Lipinski definition) is 5. The Bertz CT molecular complexity index is 1280. The minimum absolute atomic E-state index is 0.00880. The fourth-order valence-electron chi connectivity index (χ4n) is 4.26. The largest absolute Gasteiger partial charge is 0.334 e. The fraction of sp³-hybridized carbons (Fsp3) is 0.280. The molecule has 1 aliphatic carbocycles. The number of benzene rings is 1. The van der Waals surface area contributed by atoms with Gasteiger partial charge in [0.15, 0.2) is 0 Å². The molecule has 1 atom stereocenters. The van der Waals surface area contributed by atoms with Crippen LogP contribution in [0.3, 0.4) is 0 Å². The van der Waals surface area contributed by atoms with E-state index in [1.807, 2.05) is 38.5 Å². The second-order valence-electron chi connectivity index (χ2n) is 8.22. The summed E-state index contributed by atoms with van der Waals surface area (Å²) in [7, 11) is 1.83. The normalized spacial score (nSPS) is 13.7. The smallest absolute Gasteiger partial charge is 0.257 e. The van der Waals surface area contributed by atoms with Gasteiger partial charge < -0.3 is 4.90 Å². The van der Waals surface area contributed by atoms with Gasteiger partial charge in [-0.1, -0.05) is 30.3 Å². The summed E-state index contributed by atoms with van der Waals surface area (Å²) in [4.78, 5) is 25.6. The van der Waals surface area contributed by atoms with Crippen LogP contribution in [-0.2, 0) is 12.8 Å². The van der Waals surface area contributed by atoms with E-state index in [-0.39, 0.29) is 11.9 Å². The highest BCUT2D eigenvalue weighted by Crippen LogP contribution is 2.31. The van der Waals surface area contributed by atoms with Crippen molar-refractivity contribution < 1.29 is 4.79 Å². The van der Waals surface area contributed by atoms with Crippen LogP contribution in [0.15, 0.2) is 54.2 Å². The van der Waals surface area contributed by atoms with Gasteiger partial charge in [-0.2, -0.15) is 5.10 Å². The molecule has 0 spiro atoms. The minimum Gasteiger partial charge on any atom is -0.334 e. The molecule has 0 saturated carbocycles. The van der Waals surface area contributed by atoms with Gasteiger partial charge in [-0.25, -0.2) is 14.6 Å². The van der Waals surface area contributed by atoms with E-state index in [0.29, 0.717) is 11.5 Å². The minimum atomic E-state index is -0.0604. The Kier molecular flexibility index (Phi) is 5.35. The summed E-state index contributed by atoms with van der Waals surface area (Å²) in [5.41, 5.74) is 5.90. The van der Waals surface area contributed by atoms with E-state index in [0.717, 1.165) is 46.7 Å². The molecule has 0 saturated heterocycles. The molecule has 3 heterocycles. The molecule has 0 unspecified atom stereocenters. The number of carbonyl (C=O) groups excluding carboxylic acids is 1. The molecule has 4 aromatic rings. The number of carbonyl (C=O) groups is 1. The quantitative estimate of drug-likeness (QED) is 0.444. The van der Waals surface area contributed by atoms with Crippen LogP contribution in [-0.4, -0.2) is 37.6 Å². The number of fused-ring (bicyclic) bond motifs is 3. The number of thiophene rings is 1. The van der Waals surface area contributed by atoms with Crippen LogP contribution in [0.5, 0.6) is 0 Å². The van der Waals surface area contributed by atoms with Crippen molar-refractivity contribution in [3.05, 3.63) is 81.4 Å². The molecule has 1 amide bonds. The van der Waals surface area contributed by atoms with Gasteiger partial charge in [0.05, 0.1) is 29.2 Å². The van der Waals surface area contributed by atoms with Crippen LogP contribution in [0.25, 0.3) is 17.2 Å². The Morgan fingerprint density at radius 3 is 2.75 bits per heavy atom. The molecule has 1 aliphatic rings. The summed E-state index contributed by atoms with van der Waals surface area (Å²) in [6, 6.07) is 12.5. The predicted octanol–water partition coefficient (Wildman–Crippen LogP) is 5.02. The first kappa shape index (κ1) is 20.6. The molecule has 5 rings (SSSR count). The SMILES string of the molecule is Cc1c(C(=O)N(C)[C@H](C)c2cccs2)cnn1-c1ncc2c(n1)-c1ccccc1CCC2. The first-order valence-electron chi connectivity index (χ1n) is 10.8. The van der Waals surface area contributed by atoms with Crippen molar-refractivity contribution in [3.63, 3.8) is 0 Å². The molecule has 0 N–H and O–H groups in total. The van der Waals surface area contributed by atoms with Crippen LogP contribution in [0.4, 0.5) is 0 Å². The van der Waals surface area contributed by atoms with Crippen molar-refractivity contribution in [2.45, 2.75) is 39.2 Å². The molecular formula is C25H25N5OS. The summed E-state index contributed by atoms with van der Waals surface area (Å²) in [6.07, 6.45) is 6.61. The number of amides is 1. The summed E-state index contributed by atoms with van der Waals surface area (Å²) < 4.78 is 1.67. The van der Waals surface area contributed by atoms with Gasteiger partial charge in [-0.3, -0.25) is 4.79 Å². The zero-order valence-electron chi connectivity index (χ0n) is 18.4.